The Hall–Kier alpha value is -3.03. The first-order valence-corrected chi connectivity index (χ1v) is 6.89. The summed E-state index contributed by atoms with van der Waals surface area (Å²) in [4.78, 5) is 11.6. The van der Waals surface area contributed by atoms with Crippen LogP contribution in [-0.2, 0) is 4.79 Å². The fourth-order valence-electron chi connectivity index (χ4n) is 1.70. The fraction of sp³-hybridized carbons (Fsp3) is 0.125. The van der Waals surface area contributed by atoms with Crippen molar-refractivity contribution in [2.75, 3.05) is 11.9 Å². The van der Waals surface area contributed by atoms with Gasteiger partial charge in [0, 0.05) is 5.69 Å². The summed E-state index contributed by atoms with van der Waals surface area (Å²) in [6, 6.07) is 11.3. The standard InChI is InChI=1S/C16H14F3N3O2/c17-12-3-5-13(6-4-12)20-10-15(23)22-21-9-11-1-7-14(8-2-11)24-16(18)19/h1-9,16,20H,10H2,(H,22,23). The molecule has 5 nitrogen and oxygen atoms in total. The first kappa shape index (κ1) is 17.3. The molecule has 0 aliphatic heterocycles. The van der Waals surface area contributed by atoms with Crippen molar-refractivity contribution >= 4 is 17.8 Å². The van der Waals surface area contributed by atoms with Gasteiger partial charge in [-0.3, -0.25) is 4.79 Å². The molecule has 0 aliphatic carbocycles. The Morgan fingerprint density at radius 3 is 2.42 bits per heavy atom. The van der Waals surface area contributed by atoms with Crippen LogP contribution in [0.15, 0.2) is 53.6 Å². The number of alkyl halides is 2. The zero-order valence-electron chi connectivity index (χ0n) is 12.4. The molecule has 0 heterocycles. The lowest BCUT2D eigenvalue weighted by atomic mass is 10.2. The van der Waals surface area contributed by atoms with E-state index in [2.05, 4.69) is 20.6 Å². The van der Waals surface area contributed by atoms with Gasteiger partial charge in [0.25, 0.3) is 5.91 Å². The van der Waals surface area contributed by atoms with Gasteiger partial charge in [-0.2, -0.15) is 13.9 Å². The minimum atomic E-state index is -2.88. The summed E-state index contributed by atoms with van der Waals surface area (Å²) >= 11 is 0. The molecule has 0 aliphatic rings. The molecule has 0 unspecified atom stereocenters. The van der Waals surface area contributed by atoms with Crippen LogP contribution in [0.25, 0.3) is 0 Å². The maximum absolute atomic E-state index is 12.7. The van der Waals surface area contributed by atoms with E-state index in [-0.39, 0.29) is 18.1 Å². The van der Waals surface area contributed by atoms with Crippen molar-refractivity contribution in [3.63, 3.8) is 0 Å². The minimum absolute atomic E-state index is 0.0367. The molecular weight excluding hydrogens is 323 g/mol. The third-order valence-corrected chi connectivity index (χ3v) is 2.81. The SMILES string of the molecule is O=C(CNc1ccc(F)cc1)NN=Cc1ccc(OC(F)F)cc1. The first-order chi connectivity index (χ1) is 11.5. The van der Waals surface area contributed by atoms with Gasteiger partial charge >= 0.3 is 6.61 Å². The van der Waals surface area contributed by atoms with Gasteiger partial charge in [-0.25, -0.2) is 9.82 Å². The summed E-state index contributed by atoms with van der Waals surface area (Å²) in [7, 11) is 0. The normalized spacial score (nSPS) is 10.8. The molecule has 0 saturated carbocycles. The van der Waals surface area contributed by atoms with Crippen LogP contribution in [-0.4, -0.2) is 25.3 Å². The molecule has 8 heteroatoms. The van der Waals surface area contributed by atoms with Gasteiger partial charge in [-0.15, -0.1) is 0 Å². The molecule has 2 N–H and O–H groups in total. The van der Waals surface area contributed by atoms with Gasteiger partial charge in [-0.1, -0.05) is 0 Å². The van der Waals surface area contributed by atoms with E-state index in [1.54, 1.807) is 0 Å². The Kier molecular flexibility index (Phi) is 6.18. The molecule has 126 valence electrons. The Labute approximate surface area is 136 Å². The third kappa shape index (κ3) is 5.99. The highest BCUT2D eigenvalue weighted by Crippen LogP contribution is 2.13. The largest absolute Gasteiger partial charge is 0.435 e. The molecule has 0 aromatic heterocycles. The number of nitrogens with one attached hydrogen (secondary N) is 2. The van der Waals surface area contributed by atoms with Crippen molar-refractivity contribution in [1.29, 1.82) is 0 Å². The summed E-state index contributed by atoms with van der Waals surface area (Å²) < 4.78 is 41.0. The summed E-state index contributed by atoms with van der Waals surface area (Å²) in [6.45, 7) is -2.91. The number of carbonyl (C=O) groups excluding carboxylic acids is 1. The smallest absolute Gasteiger partial charge is 0.387 e. The van der Waals surface area contributed by atoms with Crippen molar-refractivity contribution in [2.24, 2.45) is 5.10 Å². The molecule has 0 fully saturated rings. The zero-order chi connectivity index (χ0) is 17.4. The van der Waals surface area contributed by atoms with E-state index in [0.29, 0.717) is 11.3 Å². The van der Waals surface area contributed by atoms with Gasteiger partial charge < -0.3 is 10.1 Å². The van der Waals surface area contributed by atoms with Gasteiger partial charge in [0.15, 0.2) is 0 Å². The highest BCUT2D eigenvalue weighted by Gasteiger charge is 2.03. The summed E-state index contributed by atoms with van der Waals surface area (Å²) in [5, 5.41) is 6.55. The fourth-order valence-corrected chi connectivity index (χ4v) is 1.70. The van der Waals surface area contributed by atoms with E-state index in [9.17, 15) is 18.0 Å². The Bertz CT molecular complexity index is 689. The van der Waals surface area contributed by atoms with Gasteiger partial charge in [0.2, 0.25) is 0 Å². The topological polar surface area (TPSA) is 62.7 Å². The highest BCUT2D eigenvalue weighted by molar-refractivity contribution is 5.84. The number of carbonyl (C=O) groups is 1. The van der Waals surface area contributed by atoms with Crippen LogP contribution in [0.2, 0.25) is 0 Å². The van der Waals surface area contributed by atoms with Gasteiger partial charge in [0.05, 0.1) is 12.8 Å². The molecule has 2 aromatic rings. The van der Waals surface area contributed by atoms with Crippen LogP contribution in [0, 0.1) is 5.82 Å². The monoisotopic (exact) mass is 337 g/mol. The number of ether oxygens (including phenoxy) is 1. The van der Waals surface area contributed by atoms with Crippen LogP contribution in [0.4, 0.5) is 18.9 Å². The molecule has 0 bridgehead atoms. The molecule has 0 radical (unpaired) electrons. The second kappa shape index (κ2) is 8.56. The Balaban J connectivity index is 1.76. The van der Waals surface area contributed by atoms with Crippen molar-refractivity contribution < 1.29 is 22.7 Å². The quantitative estimate of drug-likeness (QED) is 0.603. The second-order valence-electron chi connectivity index (χ2n) is 4.60. The summed E-state index contributed by atoms with van der Waals surface area (Å²) in [6.07, 6.45) is 1.36. The van der Waals surface area contributed by atoms with Gasteiger partial charge in [-0.05, 0) is 54.1 Å². The zero-order valence-corrected chi connectivity index (χ0v) is 12.4. The Morgan fingerprint density at radius 2 is 1.79 bits per heavy atom. The van der Waals surface area contributed by atoms with Crippen LogP contribution >= 0.6 is 0 Å². The lowest BCUT2D eigenvalue weighted by molar-refractivity contribution is -0.119. The van der Waals surface area contributed by atoms with E-state index in [0.717, 1.165) is 0 Å². The van der Waals surface area contributed by atoms with E-state index < -0.39 is 12.5 Å². The highest BCUT2D eigenvalue weighted by atomic mass is 19.3. The maximum atomic E-state index is 12.7. The number of amides is 1. The molecule has 1 amide bonds. The predicted octanol–water partition coefficient (Wildman–Crippen LogP) is 2.99. The van der Waals surface area contributed by atoms with Crippen LogP contribution < -0.4 is 15.5 Å². The lowest BCUT2D eigenvalue weighted by Crippen LogP contribution is -2.25. The van der Waals surface area contributed by atoms with E-state index in [1.807, 2.05) is 0 Å². The van der Waals surface area contributed by atoms with Crippen LogP contribution in [0.5, 0.6) is 5.75 Å². The van der Waals surface area contributed by atoms with E-state index in [4.69, 9.17) is 0 Å². The predicted molar refractivity (Wildman–Crippen MR) is 83.7 cm³/mol. The molecule has 24 heavy (non-hydrogen) atoms. The van der Waals surface area contributed by atoms with Crippen LogP contribution in [0.3, 0.4) is 0 Å². The first-order valence-electron chi connectivity index (χ1n) is 6.89. The molecule has 0 spiro atoms. The molecular formula is C16H14F3N3O2. The average Bonchev–Trinajstić information content (AvgIpc) is 2.55. The van der Waals surface area contributed by atoms with Crippen molar-refractivity contribution in [3.8, 4) is 5.75 Å². The average molecular weight is 337 g/mol. The number of rotatable bonds is 7. The Morgan fingerprint density at radius 1 is 1.12 bits per heavy atom. The number of hydrogen-bond acceptors (Lipinski definition) is 4. The van der Waals surface area contributed by atoms with E-state index >= 15 is 0 Å². The number of nitrogens with zero attached hydrogens (tertiary/aromatic N) is 1. The number of hydrazone groups is 1. The number of hydrogen-bond donors (Lipinski definition) is 2. The van der Waals surface area contributed by atoms with Gasteiger partial charge in [0.1, 0.15) is 11.6 Å². The van der Waals surface area contributed by atoms with Crippen molar-refractivity contribution in [3.05, 3.63) is 59.9 Å². The minimum Gasteiger partial charge on any atom is -0.435 e. The molecule has 2 rings (SSSR count). The molecule has 0 atom stereocenters. The summed E-state index contributed by atoms with van der Waals surface area (Å²) in [5.41, 5.74) is 3.50. The number of anilines is 1. The maximum Gasteiger partial charge on any atom is 0.387 e. The van der Waals surface area contributed by atoms with Crippen LogP contribution in [0.1, 0.15) is 5.56 Å². The van der Waals surface area contributed by atoms with Crippen molar-refractivity contribution in [1.82, 2.24) is 5.43 Å². The van der Waals surface area contributed by atoms with E-state index in [1.165, 1.54) is 54.7 Å². The second-order valence-corrected chi connectivity index (χ2v) is 4.60. The molecule has 2 aromatic carbocycles. The number of halogens is 3. The van der Waals surface area contributed by atoms with Crippen molar-refractivity contribution in [2.45, 2.75) is 6.61 Å². The number of benzene rings is 2. The lowest BCUT2D eigenvalue weighted by Gasteiger charge is -2.05. The third-order valence-electron chi connectivity index (χ3n) is 2.81. The summed E-state index contributed by atoms with van der Waals surface area (Å²) in [5.74, 6) is -0.720. The molecule has 0 saturated heterocycles.